The molecule has 0 heterocycles. The number of amides is 1. The average Bonchev–Trinajstić information content (AvgIpc) is 2.26. The third-order valence-corrected chi connectivity index (χ3v) is 2.84. The van der Waals surface area contributed by atoms with Gasteiger partial charge in [-0.1, -0.05) is 6.07 Å². The van der Waals surface area contributed by atoms with E-state index in [0.29, 0.717) is 5.56 Å². The first-order valence-electron chi connectivity index (χ1n) is 6.66. The summed E-state index contributed by atoms with van der Waals surface area (Å²) < 4.78 is 13.7. The van der Waals surface area contributed by atoms with Gasteiger partial charge in [0.05, 0.1) is 6.04 Å². The number of benzene rings is 1. The summed E-state index contributed by atoms with van der Waals surface area (Å²) in [5.74, 6) is -0.742. The maximum Gasteiger partial charge on any atom is 0.237 e. The Morgan fingerprint density at radius 2 is 1.90 bits per heavy atom. The lowest BCUT2D eigenvalue weighted by molar-refractivity contribution is -0.124. The quantitative estimate of drug-likeness (QED) is 0.795. The molecule has 20 heavy (non-hydrogen) atoms. The number of hydrogen-bond donors (Lipinski definition) is 3. The van der Waals surface area contributed by atoms with Gasteiger partial charge in [-0.3, -0.25) is 10.1 Å². The SMILES string of the molecule is CC(NC(C)c1ccc(O)cc1F)C(=O)NC(C)(C)C. The second-order valence-corrected chi connectivity index (χ2v) is 6.06. The average molecular weight is 282 g/mol. The van der Waals surface area contributed by atoms with E-state index in [1.54, 1.807) is 13.8 Å². The van der Waals surface area contributed by atoms with Crippen molar-refractivity contribution in [2.24, 2.45) is 0 Å². The highest BCUT2D eigenvalue weighted by molar-refractivity contribution is 5.81. The molecule has 1 amide bonds. The van der Waals surface area contributed by atoms with Crippen LogP contribution in [0.25, 0.3) is 0 Å². The minimum atomic E-state index is -0.492. The Morgan fingerprint density at radius 1 is 1.30 bits per heavy atom. The lowest BCUT2D eigenvalue weighted by Crippen LogP contribution is -2.50. The molecular formula is C15H23FN2O2. The maximum atomic E-state index is 13.7. The molecule has 5 heteroatoms. The van der Waals surface area contributed by atoms with Crippen molar-refractivity contribution in [1.29, 1.82) is 0 Å². The van der Waals surface area contributed by atoms with Gasteiger partial charge in [0.15, 0.2) is 0 Å². The number of halogens is 1. The number of carbonyl (C=O) groups excluding carboxylic acids is 1. The minimum absolute atomic E-state index is 0.114. The molecule has 2 unspecified atom stereocenters. The van der Waals surface area contributed by atoms with Crippen molar-refractivity contribution in [1.82, 2.24) is 10.6 Å². The summed E-state index contributed by atoms with van der Waals surface area (Å²) in [5, 5.41) is 15.1. The Balaban J connectivity index is 2.70. The predicted octanol–water partition coefficient (Wildman–Crippen LogP) is 2.49. The molecule has 1 aromatic carbocycles. The zero-order valence-electron chi connectivity index (χ0n) is 12.6. The normalized spacial score (nSPS) is 14.7. The van der Waals surface area contributed by atoms with Gasteiger partial charge in [-0.05, 0) is 40.7 Å². The monoisotopic (exact) mass is 282 g/mol. The summed E-state index contributed by atoms with van der Waals surface area (Å²) in [6.45, 7) is 9.22. The lowest BCUT2D eigenvalue weighted by Gasteiger charge is -2.25. The molecule has 0 aliphatic carbocycles. The van der Waals surface area contributed by atoms with E-state index in [2.05, 4.69) is 10.6 Å². The number of nitrogens with one attached hydrogen (secondary N) is 2. The molecule has 0 saturated heterocycles. The van der Waals surface area contributed by atoms with Crippen LogP contribution in [0.1, 0.15) is 46.2 Å². The first kappa shape index (κ1) is 16.4. The highest BCUT2D eigenvalue weighted by Crippen LogP contribution is 2.21. The van der Waals surface area contributed by atoms with Crippen molar-refractivity contribution in [2.45, 2.75) is 52.2 Å². The van der Waals surface area contributed by atoms with Crippen LogP contribution in [0, 0.1) is 5.82 Å². The highest BCUT2D eigenvalue weighted by atomic mass is 19.1. The van der Waals surface area contributed by atoms with Crippen molar-refractivity contribution in [2.75, 3.05) is 0 Å². The molecule has 4 nitrogen and oxygen atoms in total. The molecule has 0 aliphatic heterocycles. The fourth-order valence-electron chi connectivity index (χ4n) is 1.89. The number of phenols is 1. The van der Waals surface area contributed by atoms with Crippen LogP contribution in [0.5, 0.6) is 5.75 Å². The Bertz CT molecular complexity index is 483. The number of phenolic OH excluding ortho intramolecular Hbond substituents is 1. The number of hydrogen-bond acceptors (Lipinski definition) is 3. The van der Waals surface area contributed by atoms with Crippen LogP contribution in [-0.4, -0.2) is 22.6 Å². The van der Waals surface area contributed by atoms with Crippen LogP contribution in [0.15, 0.2) is 18.2 Å². The van der Waals surface area contributed by atoms with E-state index in [4.69, 9.17) is 0 Å². The van der Waals surface area contributed by atoms with Crippen molar-refractivity contribution in [3.8, 4) is 5.75 Å². The smallest absolute Gasteiger partial charge is 0.237 e. The van der Waals surface area contributed by atoms with E-state index >= 15 is 0 Å². The summed E-state index contributed by atoms with van der Waals surface area (Å²) in [6, 6.07) is 3.22. The summed E-state index contributed by atoms with van der Waals surface area (Å²) >= 11 is 0. The molecule has 0 saturated carbocycles. The predicted molar refractivity (Wildman–Crippen MR) is 77.0 cm³/mol. The Labute approximate surface area is 119 Å². The molecule has 1 aromatic rings. The summed E-state index contributed by atoms with van der Waals surface area (Å²) in [4.78, 5) is 12.0. The molecule has 0 spiro atoms. The Kier molecular flexibility index (Phi) is 5.11. The van der Waals surface area contributed by atoms with Gasteiger partial charge in [0.2, 0.25) is 5.91 Å². The molecule has 0 aliphatic rings. The van der Waals surface area contributed by atoms with Gasteiger partial charge in [0.25, 0.3) is 0 Å². The van der Waals surface area contributed by atoms with Crippen LogP contribution < -0.4 is 10.6 Å². The standard InChI is InChI=1S/C15H23FN2O2/c1-9(12-7-6-11(19)8-13(12)16)17-10(2)14(20)18-15(3,4)5/h6-10,17,19H,1-5H3,(H,18,20). The van der Waals surface area contributed by atoms with Crippen LogP contribution in [0.2, 0.25) is 0 Å². The van der Waals surface area contributed by atoms with Crippen LogP contribution >= 0.6 is 0 Å². The summed E-state index contributed by atoms with van der Waals surface area (Å²) in [7, 11) is 0. The van der Waals surface area contributed by atoms with Crippen molar-refractivity contribution < 1.29 is 14.3 Å². The second-order valence-electron chi connectivity index (χ2n) is 6.06. The van der Waals surface area contributed by atoms with E-state index in [1.165, 1.54) is 12.1 Å². The molecule has 112 valence electrons. The molecule has 1 rings (SSSR count). The van der Waals surface area contributed by atoms with Crippen molar-refractivity contribution >= 4 is 5.91 Å². The van der Waals surface area contributed by atoms with E-state index in [-0.39, 0.29) is 23.2 Å². The number of rotatable bonds is 4. The van der Waals surface area contributed by atoms with E-state index in [0.717, 1.165) is 6.07 Å². The topological polar surface area (TPSA) is 61.4 Å². The molecule has 0 fully saturated rings. The fraction of sp³-hybridized carbons (Fsp3) is 0.533. The zero-order chi connectivity index (χ0) is 15.5. The first-order valence-corrected chi connectivity index (χ1v) is 6.66. The van der Waals surface area contributed by atoms with Gasteiger partial charge in [-0.2, -0.15) is 0 Å². The van der Waals surface area contributed by atoms with Gasteiger partial charge in [0.1, 0.15) is 11.6 Å². The highest BCUT2D eigenvalue weighted by Gasteiger charge is 2.21. The molecular weight excluding hydrogens is 259 g/mol. The minimum Gasteiger partial charge on any atom is -0.508 e. The van der Waals surface area contributed by atoms with E-state index in [9.17, 15) is 14.3 Å². The second kappa shape index (κ2) is 6.22. The third kappa shape index (κ3) is 4.81. The van der Waals surface area contributed by atoms with Gasteiger partial charge in [-0.25, -0.2) is 4.39 Å². The molecule has 0 radical (unpaired) electrons. The summed E-state index contributed by atoms with van der Waals surface area (Å²) in [5.41, 5.74) is 0.110. The molecule has 2 atom stereocenters. The van der Waals surface area contributed by atoms with Crippen molar-refractivity contribution in [3.05, 3.63) is 29.6 Å². The fourth-order valence-corrected chi connectivity index (χ4v) is 1.89. The van der Waals surface area contributed by atoms with Gasteiger partial charge in [0, 0.05) is 23.2 Å². The van der Waals surface area contributed by atoms with Crippen molar-refractivity contribution in [3.63, 3.8) is 0 Å². The number of carbonyl (C=O) groups is 1. The van der Waals surface area contributed by atoms with Gasteiger partial charge >= 0.3 is 0 Å². The lowest BCUT2D eigenvalue weighted by atomic mass is 10.1. The maximum absolute atomic E-state index is 13.7. The molecule has 0 bridgehead atoms. The van der Waals surface area contributed by atoms with E-state index < -0.39 is 11.9 Å². The van der Waals surface area contributed by atoms with Crippen LogP contribution in [0.3, 0.4) is 0 Å². The molecule has 0 aromatic heterocycles. The summed E-state index contributed by atoms with van der Waals surface area (Å²) in [6.07, 6.45) is 0. The van der Waals surface area contributed by atoms with Crippen LogP contribution in [-0.2, 0) is 4.79 Å². The third-order valence-electron chi connectivity index (χ3n) is 2.84. The largest absolute Gasteiger partial charge is 0.508 e. The number of aromatic hydroxyl groups is 1. The van der Waals surface area contributed by atoms with Crippen LogP contribution in [0.4, 0.5) is 4.39 Å². The Hall–Kier alpha value is -1.62. The molecule has 3 N–H and O–H groups in total. The zero-order valence-corrected chi connectivity index (χ0v) is 12.6. The van der Waals surface area contributed by atoms with Gasteiger partial charge < -0.3 is 10.4 Å². The first-order chi connectivity index (χ1) is 9.10. The van der Waals surface area contributed by atoms with Gasteiger partial charge in [-0.15, -0.1) is 0 Å². The Morgan fingerprint density at radius 3 is 2.40 bits per heavy atom. The van der Waals surface area contributed by atoms with E-state index in [1.807, 2.05) is 20.8 Å².